The Morgan fingerprint density at radius 2 is 1.70 bits per heavy atom. The van der Waals surface area contributed by atoms with Gasteiger partial charge in [-0.1, -0.05) is 32.0 Å². The van der Waals surface area contributed by atoms with Crippen LogP contribution in [-0.4, -0.2) is 54.5 Å². The van der Waals surface area contributed by atoms with Crippen LogP contribution in [0.2, 0.25) is 0 Å². The van der Waals surface area contributed by atoms with Crippen LogP contribution in [0.3, 0.4) is 0 Å². The second-order valence-corrected chi connectivity index (χ2v) is 8.47. The number of carbonyl (C=O) groups is 3. The van der Waals surface area contributed by atoms with E-state index in [0.717, 1.165) is 5.56 Å². The van der Waals surface area contributed by atoms with Gasteiger partial charge in [-0.3, -0.25) is 9.59 Å². The Bertz CT molecular complexity index is 742. The zero-order valence-electron chi connectivity index (χ0n) is 18.8. The third-order valence-corrected chi connectivity index (χ3v) is 5.95. The highest BCUT2D eigenvalue weighted by Gasteiger charge is 2.34. The maximum absolute atomic E-state index is 13.1. The zero-order valence-corrected chi connectivity index (χ0v) is 18.8. The van der Waals surface area contributed by atoms with Crippen molar-refractivity contribution in [3.05, 3.63) is 35.4 Å². The van der Waals surface area contributed by atoms with Crippen molar-refractivity contribution >= 4 is 17.8 Å². The van der Waals surface area contributed by atoms with Crippen molar-refractivity contribution in [2.75, 3.05) is 19.6 Å². The summed E-state index contributed by atoms with van der Waals surface area (Å²) in [4.78, 5) is 39.9. The van der Waals surface area contributed by atoms with Gasteiger partial charge >= 0.3 is 6.03 Å². The monoisotopic (exact) mass is 416 g/mol. The van der Waals surface area contributed by atoms with Crippen LogP contribution in [-0.2, 0) is 4.79 Å². The van der Waals surface area contributed by atoms with Gasteiger partial charge in [-0.2, -0.15) is 0 Å². The summed E-state index contributed by atoms with van der Waals surface area (Å²) in [5.41, 5.74) is 1.45. The average molecular weight is 417 g/mol. The van der Waals surface area contributed by atoms with Crippen LogP contribution in [0.1, 0.15) is 56.5 Å². The molecule has 1 aromatic carbocycles. The van der Waals surface area contributed by atoms with E-state index in [1.54, 1.807) is 11.0 Å². The van der Waals surface area contributed by atoms with E-state index in [9.17, 15) is 14.4 Å². The molecule has 2 unspecified atom stereocenters. The van der Waals surface area contributed by atoms with Gasteiger partial charge in [0.15, 0.2) is 0 Å². The first-order valence-corrected chi connectivity index (χ1v) is 10.9. The topological polar surface area (TPSA) is 90.5 Å². The summed E-state index contributed by atoms with van der Waals surface area (Å²) < 4.78 is 0. The number of piperidine rings is 1. The van der Waals surface area contributed by atoms with Crippen LogP contribution < -0.4 is 16.0 Å². The van der Waals surface area contributed by atoms with Gasteiger partial charge in [0.2, 0.25) is 5.91 Å². The minimum Gasteiger partial charge on any atom is -0.352 e. The minimum absolute atomic E-state index is 0.00536. The predicted octanol–water partition coefficient (Wildman–Crippen LogP) is 2.70. The molecule has 1 aliphatic rings. The van der Waals surface area contributed by atoms with Gasteiger partial charge in [0.1, 0.15) is 6.04 Å². The van der Waals surface area contributed by atoms with E-state index in [2.05, 4.69) is 29.8 Å². The third-order valence-electron chi connectivity index (χ3n) is 5.95. The first-order chi connectivity index (χ1) is 14.2. The molecule has 0 spiro atoms. The lowest BCUT2D eigenvalue weighted by Gasteiger charge is -2.36. The fraction of sp³-hybridized carbons (Fsp3) is 0.609. The molecular formula is C23H36N4O3. The number of hydrogen-bond acceptors (Lipinski definition) is 3. The maximum atomic E-state index is 13.1. The Morgan fingerprint density at radius 1 is 1.07 bits per heavy atom. The standard InChI is InChI=1S/C23H36N4O3/c1-6-24-23(30)27-13-11-18(12-14-27)20(22(29)25-17(5)15(2)3)26-21(28)19-10-8-7-9-16(19)4/h7-10,15,17-18,20H,6,11-14H2,1-5H3,(H,24,30)(H,25,29)(H,26,28). The number of carbonyl (C=O) groups excluding carboxylic acids is 3. The van der Waals surface area contributed by atoms with E-state index in [4.69, 9.17) is 0 Å². The van der Waals surface area contributed by atoms with Gasteiger partial charge in [0, 0.05) is 31.2 Å². The van der Waals surface area contributed by atoms with E-state index in [1.165, 1.54) is 0 Å². The Hall–Kier alpha value is -2.57. The van der Waals surface area contributed by atoms with Crippen LogP contribution in [0.15, 0.2) is 24.3 Å². The highest BCUT2D eigenvalue weighted by Crippen LogP contribution is 2.22. The first kappa shape index (κ1) is 23.7. The van der Waals surface area contributed by atoms with Crippen molar-refractivity contribution in [2.45, 2.75) is 59.5 Å². The molecule has 30 heavy (non-hydrogen) atoms. The SMILES string of the molecule is CCNC(=O)N1CCC(C(NC(=O)c2ccccc2C)C(=O)NC(C)C(C)C)CC1. The van der Waals surface area contributed by atoms with Crippen molar-refractivity contribution < 1.29 is 14.4 Å². The molecule has 1 saturated heterocycles. The maximum Gasteiger partial charge on any atom is 0.317 e. The molecule has 3 N–H and O–H groups in total. The molecule has 7 heteroatoms. The number of amides is 4. The largest absolute Gasteiger partial charge is 0.352 e. The number of likely N-dealkylation sites (tertiary alicyclic amines) is 1. The number of rotatable bonds is 7. The van der Waals surface area contributed by atoms with Gasteiger partial charge < -0.3 is 20.9 Å². The molecule has 4 amide bonds. The van der Waals surface area contributed by atoms with Crippen molar-refractivity contribution in [1.82, 2.24) is 20.9 Å². The highest BCUT2D eigenvalue weighted by atomic mass is 16.2. The van der Waals surface area contributed by atoms with E-state index < -0.39 is 6.04 Å². The smallest absolute Gasteiger partial charge is 0.317 e. The van der Waals surface area contributed by atoms with Crippen LogP contribution >= 0.6 is 0 Å². The quantitative estimate of drug-likeness (QED) is 0.638. The molecule has 166 valence electrons. The summed E-state index contributed by atoms with van der Waals surface area (Å²) in [6.45, 7) is 11.6. The summed E-state index contributed by atoms with van der Waals surface area (Å²) in [5.74, 6) is -0.129. The first-order valence-electron chi connectivity index (χ1n) is 10.9. The minimum atomic E-state index is -0.630. The summed E-state index contributed by atoms with van der Waals surface area (Å²) >= 11 is 0. The van der Waals surface area contributed by atoms with E-state index in [0.29, 0.717) is 44.0 Å². The molecule has 0 radical (unpaired) electrons. The van der Waals surface area contributed by atoms with Crippen LogP contribution in [0.4, 0.5) is 4.79 Å². The molecule has 0 aliphatic carbocycles. The van der Waals surface area contributed by atoms with Gasteiger partial charge in [0.25, 0.3) is 5.91 Å². The summed E-state index contributed by atoms with van der Waals surface area (Å²) in [6.07, 6.45) is 1.33. The van der Waals surface area contributed by atoms with Gasteiger partial charge in [-0.25, -0.2) is 4.79 Å². The molecule has 1 aromatic rings. The summed E-state index contributed by atoms with van der Waals surface area (Å²) in [5, 5.41) is 8.86. The van der Waals surface area contributed by atoms with E-state index in [1.807, 2.05) is 39.0 Å². The predicted molar refractivity (Wildman–Crippen MR) is 118 cm³/mol. The third kappa shape index (κ3) is 6.21. The van der Waals surface area contributed by atoms with Gasteiger partial charge in [-0.05, 0) is 57.1 Å². The lowest BCUT2D eigenvalue weighted by Crippen LogP contribution is -2.56. The van der Waals surface area contributed by atoms with Crippen molar-refractivity contribution in [3.63, 3.8) is 0 Å². The molecular weight excluding hydrogens is 380 g/mol. The highest BCUT2D eigenvalue weighted by molar-refractivity contribution is 5.98. The molecule has 0 saturated carbocycles. The molecule has 0 bridgehead atoms. The Kier molecular flexibility index (Phi) is 8.69. The molecule has 1 heterocycles. The van der Waals surface area contributed by atoms with Crippen molar-refractivity contribution in [3.8, 4) is 0 Å². The average Bonchev–Trinajstić information content (AvgIpc) is 2.72. The second-order valence-electron chi connectivity index (χ2n) is 8.47. The van der Waals surface area contributed by atoms with Crippen molar-refractivity contribution in [1.29, 1.82) is 0 Å². The number of benzene rings is 1. The zero-order chi connectivity index (χ0) is 22.3. The Morgan fingerprint density at radius 3 is 2.27 bits per heavy atom. The molecule has 7 nitrogen and oxygen atoms in total. The molecule has 2 atom stereocenters. The summed E-state index contributed by atoms with van der Waals surface area (Å²) in [7, 11) is 0. The number of aryl methyl sites for hydroxylation is 1. The van der Waals surface area contributed by atoms with Crippen LogP contribution in [0.5, 0.6) is 0 Å². The molecule has 0 aromatic heterocycles. The number of nitrogens with one attached hydrogen (secondary N) is 3. The molecule has 1 aliphatic heterocycles. The number of hydrogen-bond donors (Lipinski definition) is 3. The molecule has 2 rings (SSSR count). The van der Waals surface area contributed by atoms with E-state index in [-0.39, 0.29) is 29.8 Å². The van der Waals surface area contributed by atoms with E-state index >= 15 is 0 Å². The fourth-order valence-electron chi connectivity index (χ4n) is 3.62. The summed E-state index contributed by atoms with van der Waals surface area (Å²) in [6, 6.07) is 6.67. The van der Waals surface area contributed by atoms with Gasteiger partial charge in [-0.15, -0.1) is 0 Å². The lowest BCUT2D eigenvalue weighted by atomic mass is 9.88. The lowest BCUT2D eigenvalue weighted by molar-refractivity contribution is -0.125. The fourth-order valence-corrected chi connectivity index (χ4v) is 3.62. The molecule has 1 fully saturated rings. The number of nitrogens with zero attached hydrogens (tertiary/aromatic N) is 1. The number of urea groups is 1. The van der Waals surface area contributed by atoms with Crippen molar-refractivity contribution in [2.24, 2.45) is 11.8 Å². The normalized spacial score (nSPS) is 16.7. The second kappa shape index (κ2) is 11.0. The Balaban J connectivity index is 2.13. The Labute approximate surface area is 180 Å². The van der Waals surface area contributed by atoms with Gasteiger partial charge in [0.05, 0.1) is 0 Å². The van der Waals surface area contributed by atoms with Crippen LogP contribution in [0.25, 0.3) is 0 Å². The van der Waals surface area contributed by atoms with Crippen LogP contribution in [0, 0.1) is 18.8 Å².